The number of benzene rings is 1. The first-order chi connectivity index (χ1) is 18.6. The van der Waals surface area contributed by atoms with E-state index in [0.717, 1.165) is 48.9 Å². The summed E-state index contributed by atoms with van der Waals surface area (Å²) in [6.07, 6.45) is 0.0487. The summed E-state index contributed by atoms with van der Waals surface area (Å²) in [5.41, 5.74) is 1.91. The van der Waals surface area contributed by atoms with Crippen molar-refractivity contribution in [3.05, 3.63) is 63.2 Å². The number of rotatable bonds is 11. The first-order valence-electron chi connectivity index (χ1n) is 12.6. The Morgan fingerprint density at radius 1 is 1.13 bits per heavy atom. The van der Waals surface area contributed by atoms with Gasteiger partial charge in [-0.25, -0.2) is 4.98 Å². The van der Waals surface area contributed by atoms with Crippen molar-refractivity contribution >= 4 is 17.5 Å². The van der Waals surface area contributed by atoms with Crippen molar-refractivity contribution < 1.29 is 27.4 Å². The van der Waals surface area contributed by atoms with Gasteiger partial charge in [-0.05, 0) is 51.5 Å². The lowest BCUT2D eigenvalue weighted by atomic mass is 9.86. The summed E-state index contributed by atoms with van der Waals surface area (Å²) in [6.45, 7) is 4.94. The molecule has 1 aliphatic carbocycles. The van der Waals surface area contributed by atoms with Crippen LogP contribution in [-0.2, 0) is 13.1 Å². The number of aryl methyl sites for hydroxylation is 2. The molecule has 3 N–H and O–H groups in total. The second kappa shape index (κ2) is 12.3. The van der Waals surface area contributed by atoms with Crippen LogP contribution in [0, 0.1) is 29.9 Å². The molecule has 0 saturated heterocycles. The number of ether oxygens (including phenoxy) is 1. The lowest BCUT2D eigenvalue weighted by molar-refractivity contribution is -0.384. The van der Waals surface area contributed by atoms with Crippen LogP contribution in [0.25, 0.3) is 0 Å². The Balaban J connectivity index is 1.31. The van der Waals surface area contributed by atoms with Gasteiger partial charge in [-0.2, -0.15) is 4.98 Å². The molecule has 11 nitrogen and oxygen atoms in total. The zero-order chi connectivity index (χ0) is 28.0. The molecule has 1 aliphatic rings. The number of aromatic nitrogens is 3. The van der Waals surface area contributed by atoms with Crippen molar-refractivity contribution in [1.29, 1.82) is 0 Å². The molecule has 14 heteroatoms. The first kappa shape index (κ1) is 28.1. The molecule has 2 heterocycles. The summed E-state index contributed by atoms with van der Waals surface area (Å²) in [6, 6.07) is 6.04. The molecule has 1 aromatic carbocycles. The van der Waals surface area contributed by atoms with Crippen LogP contribution in [0.3, 0.4) is 0 Å². The Hall–Kier alpha value is -3.94. The Morgan fingerprint density at radius 2 is 1.87 bits per heavy atom. The fraction of sp³-hybridized carbons (Fsp3) is 0.480. The van der Waals surface area contributed by atoms with Crippen LogP contribution in [0.4, 0.5) is 30.6 Å². The number of para-hydroxylation sites is 1. The maximum absolute atomic E-state index is 12.7. The van der Waals surface area contributed by atoms with E-state index < -0.39 is 11.3 Å². The Bertz CT molecular complexity index is 1260. The summed E-state index contributed by atoms with van der Waals surface area (Å²) in [5.74, 6) is 0.860. The topological polar surface area (TPSA) is 140 Å². The molecule has 2 aromatic heterocycles. The van der Waals surface area contributed by atoms with E-state index in [4.69, 9.17) is 4.52 Å². The molecule has 0 atom stereocenters. The molecule has 0 spiro atoms. The van der Waals surface area contributed by atoms with E-state index in [0.29, 0.717) is 25.0 Å². The van der Waals surface area contributed by atoms with Gasteiger partial charge in [-0.1, -0.05) is 23.4 Å². The quantitative estimate of drug-likeness (QED) is 0.214. The summed E-state index contributed by atoms with van der Waals surface area (Å²) in [4.78, 5) is 19.1. The van der Waals surface area contributed by atoms with E-state index in [1.165, 1.54) is 18.2 Å². The fourth-order valence-electron chi connectivity index (χ4n) is 4.59. The van der Waals surface area contributed by atoms with Crippen molar-refractivity contribution in [2.45, 2.75) is 65.0 Å². The van der Waals surface area contributed by atoms with Crippen LogP contribution in [0.5, 0.6) is 5.75 Å². The van der Waals surface area contributed by atoms with E-state index in [-0.39, 0.29) is 35.3 Å². The number of nitrogens with one attached hydrogen (secondary N) is 3. The van der Waals surface area contributed by atoms with Crippen LogP contribution >= 0.6 is 0 Å². The Labute approximate surface area is 222 Å². The predicted molar refractivity (Wildman–Crippen MR) is 136 cm³/mol. The molecule has 0 radical (unpaired) electrons. The van der Waals surface area contributed by atoms with E-state index in [9.17, 15) is 23.3 Å². The standard InChI is InChI=1S/C25H30F3N7O4/c1-15-20(16(2)39-34-15)13-29-19-9-7-17(8-10-19)11-30-23-21(35(36)37)14-32-24(33-23)31-12-18-5-3-4-6-22(18)38-25(26,27)28/h3-6,14,17,19,29H,7-13H2,1-2H3,(H2,30,31,32,33). The molecule has 0 unspecified atom stereocenters. The van der Waals surface area contributed by atoms with Crippen molar-refractivity contribution in [1.82, 2.24) is 20.4 Å². The monoisotopic (exact) mass is 549 g/mol. The molecule has 4 rings (SSSR count). The van der Waals surface area contributed by atoms with Crippen LogP contribution in [-0.4, -0.2) is 39.0 Å². The second-order valence-corrected chi connectivity index (χ2v) is 9.48. The van der Waals surface area contributed by atoms with Crippen molar-refractivity contribution in [2.75, 3.05) is 17.2 Å². The van der Waals surface area contributed by atoms with Crippen molar-refractivity contribution in [3.8, 4) is 5.75 Å². The Kier molecular flexibility index (Phi) is 8.84. The largest absolute Gasteiger partial charge is 0.573 e. The third-order valence-electron chi connectivity index (χ3n) is 6.76. The number of halogens is 3. The highest BCUT2D eigenvalue weighted by molar-refractivity contribution is 5.57. The molecule has 1 saturated carbocycles. The highest BCUT2D eigenvalue weighted by atomic mass is 19.4. The van der Waals surface area contributed by atoms with Gasteiger partial charge in [-0.15, -0.1) is 13.2 Å². The summed E-state index contributed by atoms with van der Waals surface area (Å²) >= 11 is 0. The smallest absolute Gasteiger partial charge is 0.405 e. The maximum Gasteiger partial charge on any atom is 0.573 e. The summed E-state index contributed by atoms with van der Waals surface area (Å²) in [5, 5.41) is 25.0. The minimum atomic E-state index is -4.83. The fourth-order valence-corrected chi connectivity index (χ4v) is 4.59. The van der Waals surface area contributed by atoms with Gasteiger partial charge in [0.2, 0.25) is 11.8 Å². The second-order valence-electron chi connectivity index (χ2n) is 9.48. The van der Waals surface area contributed by atoms with Crippen molar-refractivity contribution in [2.24, 2.45) is 5.92 Å². The number of alkyl halides is 3. The number of nitrogens with zero attached hydrogens (tertiary/aromatic N) is 4. The zero-order valence-electron chi connectivity index (χ0n) is 21.5. The van der Waals surface area contributed by atoms with Gasteiger partial charge >= 0.3 is 12.0 Å². The van der Waals surface area contributed by atoms with Gasteiger partial charge in [0, 0.05) is 36.8 Å². The molecule has 210 valence electrons. The van der Waals surface area contributed by atoms with Crippen LogP contribution in [0.2, 0.25) is 0 Å². The minimum Gasteiger partial charge on any atom is -0.405 e. The third-order valence-corrected chi connectivity index (χ3v) is 6.76. The molecule has 3 aromatic rings. The van der Waals surface area contributed by atoms with Crippen LogP contribution in [0.15, 0.2) is 35.0 Å². The molecule has 39 heavy (non-hydrogen) atoms. The minimum absolute atomic E-state index is 0.0390. The lowest BCUT2D eigenvalue weighted by Gasteiger charge is -2.29. The van der Waals surface area contributed by atoms with Gasteiger partial charge in [0.05, 0.1) is 10.6 Å². The lowest BCUT2D eigenvalue weighted by Crippen LogP contribution is -2.34. The average molecular weight is 550 g/mol. The number of hydrogen-bond acceptors (Lipinski definition) is 10. The van der Waals surface area contributed by atoms with E-state index in [2.05, 4.69) is 35.8 Å². The number of anilines is 2. The molecule has 1 fully saturated rings. The third kappa shape index (κ3) is 7.78. The normalized spacial score (nSPS) is 17.6. The highest BCUT2D eigenvalue weighted by Crippen LogP contribution is 2.29. The Morgan fingerprint density at radius 3 is 2.54 bits per heavy atom. The average Bonchev–Trinajstić information content (AvgIpc) is 3.22. The van der Waals surface area contributed by atoms with Gasteiger partial charge in [0.15, 0.2) is 0 Å². The van der Waals surface area contributed by atoms with E-state index >= 15 is 0 Å². The first-order valence-corrected chi connectivity index (χ1v) is 12.6. The summed E-state index contributed by atoms with van der Waals surface area (Å²) in [7, 11) is 0. The van der Waals surface area contributed by atoms with Crippen molar-refractivity contribution in [3.63, 3.8) is 0 Å². The van der Waals surface area contributed by atoms with E-state index in [1.807, 2.05) is 13.8 Å². The molecular weight excluding hydrogens is 519 g/mol. The number of hydrogen-bond donors (Lipinski definition) is 3. The van der Waals surface area contributed by atoms with Gasteiger partial charge in [0.1, 0.15) is 17.7 Å². The molecule has 0 aliphatic heterocycles. The maximum atomic E-state index is 12.7. The van der Waals surface area contributed by atoms with E-state index in [1.54, 1.807) is 6.07 Å². The highest BCUT2D eigenvalue weighted by Gasteiger charge is 2.32. The van der Waals surface area contributed by atoms with Gasteiger partial charge in [0.25, 0.3) is 0 Å². The molecule has 0 amide bonds. The SMILES string of the molecule is Cc1noc(C)c1CNC1CCC(CNc2nc(NCc3ccccc3OC(F)(F)F)ncc2[N+](=O)[O-])CC1. The predicted octanol–water partition coefficient (Wildman–Crippen LogP) is 5.26. The summed E-state index contributed by atoms with van der Waals surface area (Å²) < 4.78 is 47.4. The van der Waals surface area contributed by atoms with Crippen LogP contribution in [0.1, 0.15) is 48.3 Å². The van der Waals surface area contributed by atoms with Gasteiger partial charge in [-0.3, -0.25) is 10.1 Å². The molecule has 0 bridgehead atoms. The molecular formula is C25H30F3N7O4. The zero-order valence-corrected chi connectivity index (χ0v) is 21.5. The van der Waals surface area contributed by atoms with Crippen LogP contribution < -0.4 is 20.7 Å². The number of nitro groups is 1. The van der Waals surface area contributed by atoms with Gasteiger partial charge < -0.3 is 25.2 Å².